The molecule has 4 nitrogen and oxygen atoms in total. The third-order valence-corrected chi connectivity index (χ3v) is 3.83. The van der Waals surface area contributed by atoms with Gasteiger partial charge in [-0.2, -0.15) is 5.10 Å². The predicted octanol–water partition coefficient (Wildman–Crippen LogP) is 2.51. The fourth-order valence-electron chi connectivity index (χ4n) is 1.59. The quantitative estimate of drug-likeness (QED) is 0.857. The van der Waals surface area contributed by atoms with E-state index in [1.807, 2.05) is 17.5 Å². The number of hydrogen-bond donors (Lipinski definition) is 2. The Bertz CT molecular complexity index is 442. The van der Waals surface area contributed by atoms with Crippen molar-refractivity contribution in [3.8, 4) is 10.7 Å². The molecule has 0 unspecified atom stereocenters. The van der Waals surface area contributed by atoms with Gasteiger partial charge in [-0.1, -0.05) is 19.9 Å². The molecule has 0 saturated carbocycles. The Morgan fingerprint density at radius 2 is 2.19 bits per heavy atom. The van der Waals surface area contributed by atoms with Crippen LogP contribution in [0.15, 0.2) is 17.5 Å². The summed E-state index contributed by atoms with van der Waals surface area (Å²) >= 11 is 1.63. The molecule has 5 heteroatoms. The molecule has 0 atom stereocenters. The second-order valence-corrected chi connectivity index (χ2v) is 4.80. The van der Waals surface area contributed by atoms with Crippen molar-refractivity contribution in [2.24, 2.45) is 5.73 Å². The first-order chi connectivity index (χ1) is 7.69. The average Bonchev–Trinajstić information content (AvgIpc) is 2.97. The van der Waals surface area contributed by atoms with Gasteiger partial charge in [0.25, 0.3) is 0 Å². The minimum Gasteiger partial charge on any atom is -0.319 e. The number of nitrogens with one attached hydrogen (secondary N) is 1. The topological polar surface area (TPSA) is 67.6 Å². The minimum atomic E-state index is -0.386. The molecule has 0 aliphatic heterocycles. The Kier molecular flexibility index (Phi) is 3.07. The zero-order valence-corrected chi connectivity index (χ0v) is 10.3. The van der Waals surface area contributed by atoms with Crippen LogP contribution in [0.25, 0.3) is 10.7 Å². The summed E-state index contributed by atoms with van der Waals surface area (Å²) in [6.07, 6.45) is 1.70. The SMILES string of the molecule is CCC(N)(CC)c1nc(-c2cccs2)n[nH]1. The molecule has 2 aromatic rings. The normalized spacial score (nSPS) is 11.9. The van der Waals surface area contributed by atoms with E-state index in [-0.39, 0.29) is 5.54 Å². The highest BCUT2D eigenvalue weighted by Gasteiger charge is 2.27. The summed E-state index contributed by atoms with van der Waals surface area (Å²) in [7, 11) is 0. The molecule has 3 N–H and O–H groups in total. The third-order valence-electron chi connectivity index (χ3n) is 2.96. The van der Waals surface area contributed by atoms with Gasteiger partial charge < -0.3 is 5.73 Å². The van der Waals surface area contributed by atoms with Crippen LogP contribution in [0.5, 0.6) is 0 Å². The highest BCUT2D eigenvalue weighted by Crippen LogP contribution is 2.26. The maximum atomic E-state index is 6.25. The molecule has 0 aliphatic rings. The van der Waals surface area contributed by atoms with Crippen LogP contribution in [0.4, 0.5) is 0 Å². The summed E-state index contributed by atoms with van der Waals surface area (Å²) in [6.45, 7) is 4.13. The van der Waals surface area contributed by atoms with Gasteiger partial charge in [-0.15, -0.1) is 11.3 Å². The van der Waals surface area contributed by atoms with Gasteiger partial charge in [0.2, 0.25) is 0 Å². The Morgan fingerprint density at radius 3 is 2.75 bits per heavy atom. The average molecular weight is 236 g/mol. The van der Waals surface area contributed by atoms with Crippen molar-refractivity contribution in [1.82, 2.24) is 15.2 Å². The Balaban J connectivity index is 2.33. The molecule has 0 radical (unpaired) electrons. The van der Waals surface area contributed by atoms with Crippen molar-refractivity contribution in [3.05, 3.63) is 23.3 Å². The molecule has 0 aliphatic carbocycles. The maximum Gasteiger partial charge on any atom is 0.191 e. The van der Waals surface area contributed by atoms with Crippen LogP contribution in [0.2, 0.25) is 0 Å². The van der Waals surface area contributed by atoms with Gasteiger partial charge in [0, 0.05) is 0 Å². The molecule has 0 amide bonds. The first kappa shape index (κ1) is 11.3. The minimum absolute atomic E-state index is 0.386. The van der Waals surface area contributed by atoms with Crippen LogP contribution in [0, 0.1) is 0 Å². The fraction of sp³-hybridized carbons (Fsp3) is 0.455. The molecule has 0 aromatic carbocycles. The van der Waals surface area contributed by atoms with Crippen LogP contribution in [-0.4, -0.2) is 15.2 Å². The monoisotopic (exact) mass is 236 g/mol. The van der Waals surface area contributed by atoms with Gasteiger partial charge in [0.05, 0.1) is 10.4 Å². The Morgan fingerprint density at radius 1 is 1.44 bits per heavy atom. The van der Waals surface area contributed by atoms with Gasteiger partial charge in [0.15, 0.2) is 5.82 Å². The second-order valence-electron chi connectivity index (χ2n) is 3.85. The molecule has 2 rings (SSSR count). The number of aromatic amines is 1. The second kappa shape index (κ2) is 4.35. The number of H-pyrrole nitrogens is 1. The third kappa shape index (κ3) is 1.88. The summed E-state index contributed by atoms with van der Waals surface area (Å²) in [5.41, 5.74) is 5.87. The molecule has 0 spiro atoms. The lowest BCUT2D eigenvalue weighted by atomic mass is 9.93. The summed E-state index contributed by atoms with van der Waals surface area (Å²) in [5, 5.41) is 9.19. The van der Waals surface area contributed by atoms with Gasteiger partial charge in [-0.3, -0.25) is 5.10 Å². The lowest BCUT2D eigenvalue weighted by Gasteiger charge is -2.22. The van der Waals surface area contributed by atoms with E-state index in [1.165, 1.54) is 0 Å². The van der Waals surface area contributed by atoms with Crippen molar-refractivity contribution >= 4 is 11.3 Å². The number of nitrogens with zero attached hydrogens (tertiary/aromatic N) is 2. The first-order valence-electron chi connectivity index (χ1n) is 5.45. The summed E-state index contributed by atoms with van der Waals surface area (Å²) in [5.74, 6) is 1.52. The molecule has 16 heavy (non-hydrogen) atoms. The van der Waals surface area contributed by atoms with E-state index < -0.39 is 0 Å². The van der Waals surface area contributed by atoms with Crippen LogP contribution < -0.4 is 5.73 Å². The maximum absolute atomic E-state index is 6.25. The van der Waals surface area contributed by atoms with E-state index in [4.69, 9.17) is 5.73 Å². The van der Waals surface area contributed by atoms with E-state index in [1.54, 1.807) is 11.3 Å². The Labute approximate surface area is 98.9 Å². The van der Waals surface area contributed by atoms with Crippen LogP contribution in [0.1, 0.15) is 32.5 Å². The molecule has 2 aromatic heterocycles. The molecular weight excluding hydrogens is 220 g/mol. The number of aromatic nitrogens is 3. The van der Waals surface area contributed by atoms with Crippen LogP contribution >= 0.6 is 11.3 Å². The number of rotatable bonds is 4. The van der Waals surface area contributed by atoms with Crippen LogP contribution in [-0.2, 0) is 5.54 Å². The van der Waals surface area contributed by atoms with E-state index in [9.17, 15) is 0 Å². The van der Waals surface area contributed by atoms with Crippen molar-refractivity contribution in [3.63, 3.8) is 0 Å². The van der Waals surface area contributed by atoms with Crippen molar-refractivity contribution in [2.45, 2.75) is 32.2 Å². The molecule has 86 valence electrons. The largest absolute Gasteiger partial charge is 0.319 e. The zero-order valence-electron chi connectivity index (χ0n) is 9.53. The lowest BCUT2D eigenvalue weighted by molar-refractivity contribution is 0.389. The lowest BCUT2D eigenvalue weighted by Crippen LogP contribution is -2.36. The molecule has 0 bridgehead atoms. The van der Waals surface area contributed by atoms with Crippen molar-refractivity contribution in [1.29, 1.82) is 0 Å². The van der Waals surface area contributed by atoms with Gasteiger partial charge in [-0.25, -0.2) is 4.98 Å². The van der Waals surface area contributed by atoms with E-state index in [0.717, 1.165) is 29.4 Å². The number of thiophene rings is 1. The van der Waals surface area contributed by atoms with Gasteiger partial charge in [-0.05, 0) is 24.3 Å². The van der Waals surface area contributed by atoms with E-state index >= 15 is 0 Å². The zero-order chi connectivity index (χ0) is 11.6. The molecule has 0 saturated heterocycles. The smallest absolute Gasteiger partial charge is 0.191 e. The standard InChI is InChI=1S/C11H16N4S/c1-3-11(12,4-2)10-13-9(14-15-10)8-6-5-7-16-8/h5-7H,3-4,12H2,1-2H3,(H,13,14,15). The Hall–Kier alpha value is -1.20. The molecule has 0 fully saturated rings. The summed E-state index contributed by atoms with van der Waals surface area (Å²) in [4.78, 5) is 5.55. The van der Waals surface area contributed by atoms with Crippen molar-refractivity contribution < 1.29 is 0 Å². The summed E-state index contributed by atoms with van der Waals surface area (Å²) < 4.78 is 0. The van der Waals surface area contributed by atoms with Crippen LogP contribution in [0.3, 0.4) is 0 Å². The van der Waals surface area contributed by atoms with E-state index in [0.29, 0.717) is 0 Å². The van der Waals surface area contributed by atoms with Crippen molar-refractivity contribution in [2.75, 3.05) is 0 Å². The predicted molar refractivity (Wildman–Crippen MR) is 66.1 cm³/mol. The molecule has 2 heterocycles. The highest BCUT2D eigenvalue weighted by atomic mass is 32.1. The summed E-state index contributed by atoms with van der Waals surface area (Å²) in [6, 6.07) is 4.00. The van der Waals surface area contributed by atoms with E-state index in [2.05, 4.69) is 29.0 Å². The highest BCUT2D eigenvalue weighted by molar-refractivity contribution is 7.13. The van der Waals surface area contributed by atoms with Gasteiger partial charge >= 0.3 is 0 Å². The first-order valence-corrected chi connectivity index (χ1v) is 6.33. The fourth-order valence-corrected chi connectivity index (χ4v) is 2.24. The van der Waals surface area contributed by atoms with Gasteiger partial charge in [0.1, 0.15) is 5.82 Å². The molecular formula is C11H16N4S. The number of hydrogen-bond acceptors (Lipinski definition) is 4. The number of nitrogens with two attached hydrogens (primary N) is 1.